The maximum Gasteiger partial charge on any atom is 0.332 e. The van der Waals surface area contributed by atoms with Crippen LogP contribution in [-0.4, -0.2) is 23.3 Å². The predicted octanol–water partition coefficient (Wildman–Crippen LogP) is 5.77. The Morgan fingerprint density at radius 3 is 2.16 bits per heavy atom. The van der Waals surface area contributed by atoms with Crippen molar-refractivity contribution < 1.29 is 9.53 Å². The molecule has 2 heterocycles. The molecule has 0 spiro atoms. The molecule has 4 heteroatoms. The van der Waals surface area contributed by atoms with Crippen molar-refractivity contribution in [1.29, 1.82) is 0 Å². The first-order chi connectivity index (χ1) is 15.4. The van der Waals surface area contributed by atoms with Crippen LogP contribution in [0.4, 0.5) is 5.69 Å². The van der Waals surface area contributed by atoms with Crippen molar-refractivity contribution in [3.05, 3.63) is 102 Å². The second-order valence-electron chi connectivity index (χ2n) is 9.53. The molecule has 0 saturated carbocycles. The molecule has 0 saturated heterocycles. The number of ether oxygens (including phenoxy) is 1. The van der Waals surface area contributed by atoms with Gasteiger partial charge in [-0.3, -0.25) is 4.99 Å². The number of hydrogen-bond acceptors (Lipinski definition) is 4. The Hall–Kier alpha value is -3.40. The number of aliphatic imine (C=N–C) groups is 1. The van der Waals surface area contributed by atoms with Gasteiger partial charge in [0.2, 0.25) is 0 Å². The lowest BCUT2D eigenvalue weighted by molar-refractivity contribution is -0.156. The molecule has 3 aromatic carbocycles. The molecule has 0 aromatic heterocycles. The minimum atomic E-state index is -0.580. The Kier molecular flexibility index (Phi) is 5.09. The quantitative estimate of drug-likeness (QED) is 0.543. The Morgan fingerprint density at radius 2 is 1.47 bits per heavy atom. The number of esters is 1. The first kappa shape index (κ1) is 20.5. The maximum atomic E-state index is 13.4. The van der Waals surface area contributed by atoms with E-state index in [9.17, 15) is 4.79 Å². The molecule has 0 radical (unpaired) electrons. The second-order valence-corrected chi connectivity index (χ2v) is 9.53. The van der Waals surface area contributed by atoms with E-state index < -0.39 is 11.6 Å². The number of para-hydroxylation sites is 1. The van der Waals surface area contributed by atoms with Gasteiger partial charge in [-0.1, -0.05) is 78.9 Å². The van der Waals surface area contributed by atoms with Crippen LogP contribution in [0, 0.1) is 5.92 Å². The highest BCUT2D eigenvalue weighted by Gasteiger charge is 2.51. The molecule has 2 aliphatic heterocycles. The normalized spacial score (nSPS) is 24.0. The van der Waals surface area contributed by atoms with E-state index in [-0.39, 0.29) is 23.8 Å². The van der Waals surface area contributed by atoms with Gasteiger partial charge in [0, 0.05) is 23.2 Å². The summed E-state index contributed by atoms with van der Waals surface area (Å²) in [6.45, 7) is 5.72. The van der Waals surface area contributed by atoms with Crippen LogP contribution in [0.5, 0.6) is 0 Å². The number of rotatable bonds is 3. The van der Waals surface area contributed by atoms with E-state index >= 15 is 0 Å². The molecule has 5 rings (SSSR count). The van der Waals surface area contributed by atoms with Crippen LogP contribution in [0.3, 0.4) is 0 Å². The summed E-state index contributed by atoms with van der Waals surface area (Å²) < 4.78 is 5.84. The van der Waals surface area contributed by atoms with Crippen LogP contribution in [0.25, 0.3) is 0 Å². The third-order valence-corrected chi connectivity index (χ3v) is 6.19. The zero-order valence-corrected chi connectivity index (χ0v) is 18.7. The van der Waals surface area contributed by atoms with E-state index in [4.69, 9.17) is 9.73 Å². The molecule has 4 atom stereocenters. The monoisotopic (exact) mass is 424 g/mol. The first-order valence-corrected chi connectivity index (χ1v) is 11.2. The molecule has 2 aliphatic rings. The second kappa shape index (κ2) is 7.94. The van der Waals surface area contributed by atoms with Crippen molar-refractivity contribution in [1.82, 2.24) is 0 Å². The van der Waals surface area contributed by atoms with Gasteiger partial charge in [0.1, 0.15) is 5.60 Å². The Balaban J connectivity index is 1.68. The summed E-state index contributed by atoms with van der Waals surface area (Å²) in [7, 11) is 0. The van der Waals surface area contributed by atoms with Crippen LogP contribution in [0.1, 0.15) is 49.4 Å². The SMILES string of the molecule is CC(C)(C)OC(=O)C1N=C(c2ccccc2)C2C(c3ccccc3)Nc3ccccc3C12. The summed E-state index contributed by atoms with van der Waals surface area (Å²) in [6.07, 6.45) is 0. The third kappa shape index (κ3) is 3.70. The third-order valence-electron chi connectivity index (χ3n) is 6.19. The number of nitrogens with zero attached hydrogens (tertiary/aromatic N) is 1. The van der Waals surface area contributed by atoms with Crippen molar-refractivity contribution in [2.75, 3.05) is 5.32 Å². The van der Waals surface area contributed by atoms with Gasteiger partial charge in [0.25, 0.3) is 0 Å². The van der Waals surface area contributed by atoms with E-state index in [0.717, 1.165) is 22.5 Å². The molecule has 4 unspecified atom stereocenters. The fourth-order valence-corrected chi connectivity index (χ4v) is 4.98. The van der Waals surface area contributed by atoms with Gasteiger partial charge < -0.3 is 10.1 Å². The van der Waals surface area contributed by atoms with Crippen LogP contribution >= 0.6 is 0 Å². The van der Waals surface area contributed by atoms with E-state index in [0.29, 0.717) is 0 Å². The molecule has 162 valence electrons. The van der Waals surface area contributed by atoms with Crippen LogP contribution in [0.15, 0.2) is 89.9 Å². The number of fused-ring (bicyclic) bond motifs is 3. The summed E-state index contributed by atoms with van der Waals surface area (Å²) in [5.74, 6) is -0.350. The number of anilines is 1. The number of carbonyl (C=O) groups excluding carboxylic acids is 1. The molecule has 4 nitrogen and oxygen atoms in total. The molecular weight excluding hydrogens is 396 g/mol. The minimum absolute atomic E-state index is 0.00231. The van der Waals surface area contributed by atoms with Gasteiger partial charge in [-0.05, 0) is 43.5 Å². The smallest absolute Gasteiger partial charge is 0.332 e. The minimum Gasteiger partial charge on any atom is -0.458 e. The fraction of sp³-hybridized carbons (Fsp3) is 0.286. The fourth-order valence-electron chi connectivity index (χ4n) is 4.98. The van der Waals surface area contributed by atoms with Gasteiger partial charge in [0.05, 0.1) is 6.04 Å². The van der Waals surface area contributed by atoms with Crippen molar-refractivity contribution in [3.63, 3.8) is 0 Å². The Morgan fingerprint density at radius 1 is 0.844 bits per heavy atom. The standard InChI is InChI=1S/C28H28N2O2/c1-28(2,3)32-27(31)26-22-20-16-10-11-17-21(20)29-24(18-12-6-4-7-13-18)23(22)25(30-26)19-14-8-5-9-15-19/h4-17,22-24,26,29H,1-3H3. The van der Waals surface area contributed by atoms with E-state index in [1.165, 1.54) is 5.56 Å². The average molecular weight is 425 g/mol. The average Bonchev–Trinajstić information content (AvgIpc) is 3.20. The molecule has 0 amide bonds. The van der Waals surface area contributed by atoms with Crippen LogP contribution in [-0.2, 0) is 9.53 Å². The molecule has 0 bridgehead atoms. The zero-order valence-electron chi connectivity index (χ0n) is 18.7. The van der Waals surface area contributed by atoms with Gasteiger partial charge in [-0.15, -0.1) is 0 Å². The summed E-state index contributed by atoms with van der Waals surface area (Å²) >= 11 is 0. The largest absolute Gasteiger partial charge is 0.458 e. The highest BCUT2D eigenvalue weighted by atomic mass is 16.6. The lowest BCUT2D eigenvalue weighted by atomic mass is 9.71. The van der Waals surface area contributed by atoms with Crippen LogP contribution in [0.2, 0.25) is 0 Å². The number of hydrogen-bond donors (Lipinski definition) is 1. The summed E-state index contributed by atoms with van der Waals surface area (Å²) in [5.41, 5.74) is 4.81. The highest BCUT2D eigenvalue weighted by molar-refractivity contribution is 6.07. The van der Waals surface area contributed by atoms with Gasteiger partial charge >= 0.3 is 5.97 Å². The van der Waals surface area contributed by atoms with Crippen molar-refractivity contribution in [3.8, 4) is 0 Å². The number of carbonyl (C=O) groups is 1. The highest BCUT2D eigenvalue weighted by Crippen LogP contribution is 2.51. The lowest BCUT2D eigenvalue weighted by Crippen LogP contribution is -2.40. The molecule has 1 N–H and O–H groups in total. The lowest BCUT2D eigenvalue weighted by Gasteiger charge is -2.39. The Labute approximate surface area is 189 Å². The van der Waals surface area contributed by atoms with E-state index in [2.05, 4.69) is 53.8 Å². The van der Waals surface area contributed by atoms with Crippen LogP contribution < -0.4 is 5.32 Å². The molecule has 32 heavy (non-hydrogen) atoms. The van der Waals surface area contributed by atoms with E-state index in [1.54, 1.807) is 0 Å². The van der Waals surface area contributed by atoms with Gasteiger partial charge in [0.15, 0.2) is 6.04 Å². The summed E-state index contributed by atoms with van der Waals surface area (Å²) in [6, 6.07) is 28.3. The van der Waals surface area contributed by atoms with Crippen molar-refractivity contribution in [2.24, 2.45) is 10.9 Å². The summed E-state index contributed by atoms with van der Waals surface area (Å²) in [4.78, 5) is 18.5. The predicted molar refractivity (Wildman–Crippen MR) is 128 cm³/mol. The van der Waals surface area contributed by atoms with Crippen molar-refractivity contribution in [2.45, 2.75) is 44.4 Å². The Bertz CT molecular complexity index is 1150. The molecule has 0 fully saturated rings. The first-order valence-electron chi connectivity index (χ1n) is 11.2. The molecule has 0 aliphatic carbocycles. The topological polar surface area (TPSA) is 50.7 Å². The molecule has 3 aromatic rings. The van der Waals surface area contributed by atoms with Gasteiger partial charge in [-0.2, -0.15) is 0 Å². The number of nitrogens with one attached hydrogen (secondary N) is 1. The van der Waals surface area contributed by atoms with Crippen molar-refractivity contribution >= 4 is 17.4 Å². The van der Waals surface area contributed by atoms with Gasteiger partial charge in [-0.25, -0.2) is 4.79 Å². The number of benzene rings is 3. The van der Waals surface area contributed by atoms with E-state index in [1.807, 2.05) is 57.2 Å². The summed E-state index contributed by atoms with van der Waals surface area (Å²) in [5, 5.41) is 3.76. The zero-order chi connectivity index (χ0) is 22.3. The maximum absolute atomic E-state index is 13.4. The molecular formula is C28H28N2O2.